The average Bonchev–Trinajstić information content (AvgIpc) is 3.67. The molecule has 1 amide bonds. The van der Waals surface area contributed by atoms with E-state index in [2.05, 4.69) is 37.5 Å². The van der Waals surface area contributed by atoms with Gasteiger partial charge in [-0.15, -0.1) is 5.10 Å². The van der Waals surface area contributed by atoms with E-state index in [1.165, 1.54) is 11.8 Å². The van der Waals surface area contributed by atoms with Crippen molar-refractivity contribution in [1.82, 2.24) is 35.0 Å². The Kier molecular flexibility index (Phi) is 6.76. The number of amides is 1. The molecule has 3 aromatic heterocycles. The molecule has 1 aliphatic heterocycles. The van der Waals surface area contributed by atoms with Gasteiger partial charge in [0.15, 0.2) is 11.6 Å². The zero-order valence-corrected chi connectivity index (χ0v) is 21.7. The van der Waals surface area contributed by atoms with Gasteiger partial charge in [-0.2, -0.15) is 0 Å². The van der Waals surface area contributed by atoms with E-state index in [0.717, 1.165) is 22.9 Å². The molecule has 0 spiro atoms. The lowest BCUT2D eigenvalue weighted by atomic mass is 10.0. The highest BCUT2D eigenvalue weighted by Gasteiger charge is 2.34. The number of rotatable bonds is 7. The van der Waals surface area contributed by atoms with Crippen LogP contribution in [-0.4, -0.2) is 67.1 Å². The summed E-state index contributed by atoms with van der Waals surface area (Å²) in [5.41, 5.74) is 3.41. The first kappa shape index (κ1) is 24.7. The number of aromatic amines is 1. The number of tetrazole rings is 1. The van der Waals surface area contributed by atoms with Gasteiger partial charge in [0.05, 0.1) is 11.8 Å². The number of H-pyrrole nitrogens is 1. The maximum Gasteiger partial charge on any atom is 0.289 e. The molecule has 1 fully saturated rings. The van der Waals surface area contributed by atoms with Gasteiger partial charge in [0.25, 0.3) is 11.5 Å². The van der Waals surface area contributed by atoms with Crippen molar-refractivity contribution in [2.45, 2.75) is 25.9 Å². The minimum Gasteiger partial charge on any atom is -0.459 e. The highest BCUT2D eigenvalue weighted by molar-refractivity contribution is 5.91. The van der Waals surface area contributed by atoms with Crippen molar-refractivity contribution in [3.63, 3.8) is 0 Å². The Balaban J connectivity index is 1.34. The molecule has 0 aliphatic carbocycles. The molecule has 0 radical (unpaired) electrons. The normalized spacial score (nSPS) is 15.1. The summed E-state index contributed by atoms with van der Waals surface area (Å²) >= 11 is 0. The van der Waals surface area contributed by atoms with Crippen molar-refractivity contribution in [2.24, 2.45) is 0 Å². The summed E-state index contributed by atoms with van der Waals surface area (Å²) in [6, 6.07) is 21.0. The number of carbonyl (C=O) groups is 1. The van der Waals surface area contributed by atoms with Crippen LogP contribution in [0.1, 0.15) is 39.1 Å². The van der Waals surface area contributed by atoms with Gasteiger partial charge in [-0.25, -0.2) is 4.68 Å². The second-order valence-corrected chi connectivity index (χ2v) is 9.80. The lowest BCUT2D eigenvalue weighted by molar-refractivity contribution is 0.0558. The Morgan fingerprint density at radius 2 is 1.85 bits per heavy atom. The summed E-state index contributed by atoms with van der Waals surface area (Å²) in [7, 11) is 0. The topological polar surface area (TPSA) is 113 Å². The molecule has 10 nitrogen and oxygen atoms in total. The van der Waals surface area contributed by atoms with Crippen LogP contribution in [0.15, 0.2) is 82.2 Å². The van der Waals surface area contributed by atoms with Gasteiger partial charge in [0.2, 0.25) is 0 Å². The van der Waals surface area contributed by atoms with E-state index in [-0.39, 0.29) is 11.5 Å². The molecular formula is C29H29N7O3. The number of carbonyl (C=O) groups excluding carboxylic acids is 1. The lowest BCUT2D eigenvalue weighted by Gasteiger charge is -2.38. The number of hydrogen-bond acceptors (Lipinski definition) is 7. The van der Waals surface area contributed by atoms with Crippen molar-refractivity contribution in [3.05, 3.63) is 112 Å². The van der Waals surface area contributed by atoms with E-state index >= 15 is 0 Å². The first-order valence-electron chi connectivity index (χ1n) is 13.1. The predicted molar refractivity (Wildman–Crippen MR) is 145 cm³/mol. The molecule has 0 unspecified atom stereocenters. The van der Waals surface area contributed by atoms with Crippen molar-refractivity contribution in [3.8, 4) is 0 Å². The van der Waals surface area contributed by atoms with E-state index in [4.69, 9.17) is 4.42 Å². The van der Waals surface area contributed by atoms with E-state index in [1.807, 2.05) is 49.4 Å². The van der Waals surface area contributed by atoms with E-state index < -0.39 is 6.04 Å². The summed E-state index contributed by atoms with van der Waals surface area (Å²) in [6.07, 6.45) is 2.26. The van der Waals surface area contributed by atoms with Gasteiger partial charge in [0, 0.05) is 38.3 Å². The molecule has 198 valence electrons. The minimum atomic E-state index is -0.481. The lowest BCUT2D eigenvalue weighted by Crippen LogP contribution is -2.50. The van der Waals surface area contributed by atoms with Gasteiger partial charge in [-0.3, -0.25) is 14.5 Å². The molecule has 1 saturated heterocycles. The fourth-order valence-corrected chi connectivity index (χ4v) is 5.29. The molecule has 1 N–H and O–H groups in total. The summed E-state index contributed by atoms with van der Waals surface area (Å²) < 4.78 is 7.11. The molecule has 1 atom stereocenters. The summed E-state index contributed by atoms with van der Waals surface area (Å²) in [4.78, 5) is 33.5. The molecule has 0 bridgehead atoms. The van der Waals surface area contributed by atoms with Crippen LogP contribution in [0.5, 0.6) is 0 Å². The average molecular weight is 524 g/mol. The number of fused-ring (bicyclic) bond motifs is 1. The first-order valence-corrected chi connectivity index (χ1v) is 13.1. The van der Waals surface area contributed by atoms with Crippen LogP contribution in [0.3, 0.4) is 0 Å². The first-order chi connectivity index (χ1) is 19.1. The Bertz CT molecular complexity index is 1630. The van der Waals surface area contributed by atoms with Gasteiger partial charge in [-0.05, 0) is 58.5 Å². The fourth-order valence-electron chi connectivity index (χ4n) is 5.29. The monoisotopic (exact) mass is 523 g/mol. The number of aryl methyl sites for hydroxylation is 3. The largest absolute Gasteiger partial charge is 0.459 e. The van der Waals surface area contributed by atoms with Crippen molar-refractivity contribution >= 4 is 16.8 Å². The molecule has 39 heavy (non-hydrogen) atoms. The van der Waals surface area contributed by atoms with E-state index in [9.17, 15) is 9.59 Å². The molecule has 0 saturated carbocycles. The van der Waals surface area contributed by atoms with Crippen molar-refractivity contribution in [2.75, 3.05) is 26.2 Å². The number of hydrogen-bond donors (Lipinski definition) is 1. The van der Waals surface area contributed by atoms with Crippen molar-refractivity contribution < 1.29 is 9.21 Å². The van der Waals surface area contributed by atoms with Gasteiger partial charge < -0.3 is 14.3 Å². The Morgan fingerprint density at radius 1 is 1.03 bits per heavy atom. The van der Waals surface area contributed by atoms with E-state index in [0.29, 0.717) is 49.9 Å². The minimum absolute atomic E-state index is 0.136. The standard InChI is InChI=1S/C29H29N7O3/c1-20-7-5-10-22-19-23(28(37)30-25(20)22)26(27-31-32-33-36(27)13-12-21-8-3-2-4-9-21)34-14-16-35(17-15-34)29(38)24-11-6-18-39-24/h2-11,18-19,26H,12-17H2,1H3,(H,30,37)/t26-/m0/s1. The van der Waals surface area contributed by atoms with Gasteiger partial charge in [-0.1, -0.05) is 48.5 Å². The summed E-state index contributed by atoms with van der Waals surface area (Å²) in [5, 5.41) is 13.7. The Hall–Kier alpha value is -4.57. The maximum absolute atomic E-state index is 13.5. The number of furan rings is 1. The quantitative estimate of drug-likeness (QED) is 0.349. The molecule has 2 aromatic carbocycles. The van der Waals surface area contributed by atoms with Crippen LogP contribution in [0.2, 0.25) is 0 Å². The molecule has 10 heteroatoms. The van der Waals surface area contributed by atoms with Crippen LogP contribution in [0.25, 0.3) is 10.9 Å². The van der Waals surface area contributed by atoms with Crippen LogP contribution in [0, 0.1) is 6.92 Å². The number of aromatic nitrogens is 5. The highest BCUT2D eigenvalue weighted by Crippen LogP contribution is 2.28. The maximum atomic E-state index is 13.5. The predicted octanol–water partition coefficient (Wildman–Crippen LogP) is 3.21. The van der Waals surface area contributed by atoms with Crippen LogP contribution >= 0.6 is 0 Å². The number of nitrogens with one attached hydrogen (secondary N) is 1. The second kappa shape index (κ2) is 10.7. The highest BCUT2D eigenvalue weighted by atomic mass is 16.3. The number of piperazine rings is 1. The van der Waals surface area contributed by atoms with Gasteiger partial charge >= 0.3 is 0 Å². The van der Waals surface area contributed by atoms with Crippen LogP contribution < -0.4 is 5.56 Å². The number of benzene rings is 2. The molecule has 5 aromatic rings. The molecular weight excluding hydrogens is 494 g/mol. The zero-order valence-electron chi connectivity index (χ0n) is 21.7. The zero-order chi connectivity index (χ0) is 26.8. The summed E-state index contributed by atoms with van der Waals surface area (Å²) in [6.45, 7) is 4.64. The Morgan fingerprint density at radius 3 is 2.62 bits per heavy atom. The number of nitrogens with zero attached hydrogens (tertiary/aromatic N) is 6. The van der Waals surface area contributed by atoms with Crippen LogP contribution in [-0.2, 0) is 13.0 Å². The molecule has 4 heterocycles. The third-order valence-corrected chi connectivity index (χ3v) is 7.37. The number of para-hydroxylation sites is 1. The number of pyridine rings is 1. The third-order valence-electron chi connectivity index (χ3n) is 7.37. The molecule has 6 rings (SSSR count). The molecule has 1 aliphatic rings. The van der Waals surface area contributed by atoms with Crippen LogP contribution in [0.4, 0.5) is 0 Å². The fraction of sp³-hybridized carbons (Fsp3) is 0.276. The second-order valence-electron chi connectivity index (χ2n) is 9.80. The van der Waals surface area contributed by atoms with E-state index in [1.54, 1.807) is 21.7 Å². The Labute approximate surface area is 224 Å². The SMILES string of the molecule is Cc1cccc2cc([C@@H](c3nnnn3CCc3ccccc3)N3CCN(C(=O)c4ccco4)CC3)c(=O)[nH]c12. The summed E-state index contributed by atoms with van der Waals surface area (Å²) in [5.74, 6) is 0.795. The van der Waals surface area contributed by atoms with Crippen molar-refractivity contribution in [1.29, 1.82) is 0 Å². The smallest absolute Gasteiger partial charge is 0.289 e. The van der Waals surface area contributed by atoms with Gasteiger partial charge in [0.1, 0.15) is 6.04 Å². The third kappa shape index (κ3) is 4.98.